The Hall–Kier alpha value is -2.05. The second-order valence-electron chi connectivity index (χ2n) is 6.56. The molecule has 0 unspecified atom stereocenters. The van der Waals surface area contributed by atoms with E-state index < -0.39 is 0 Å². The lowest BCUT2D eigenvalue weighted by Gasteiger charge is -2.12. The Kier molecular flexibility index (Phi) is 6.39. The van der Waals surface area contributed by atoms with Crippen LogP contribution in [0, 0.1) is 12.8 Å². The molecule has 2 aromatic carbocycles. The van der Waals surface area contributed by atoms with E-state index in [4.69, 9.17) is 16.3 Å². The summed E-state index contributed by atoms with van der Waals surface area (Å²) in [5.74, 6) is 0.464. The predicted octanol–water partition coefficient (Wildman–Crippen LogP) is 4.45. The average Bonchev–Trinajstić information content (AvgIpc) is 3.44. The van der Waals surface area contributed by atoms with Crippen LogP contribution in [0.2, 0.25) is 5.02 Å². The summed E-state index contributed by atoms with van der Waals surface area (Å²) in [6, 6.07) is 11.0. The van der Waals surface area contributed by atoms with Gasteiger partial charge in [-0.2, -0.15) is 0 Å². The molecule has 3 rings (SSSR count). The van der Waals surface area contributed by atoms with Crippen LogP contribution in [0.15, 0.2) is 40.9 Å². The zero-order valence-corrected chi connectivity index (χ0v) is 17.2. The van der Waals surface area contributed by atoms with E-state index in [9.17, 15) is 9.59 Å². The van der Waals surface area contributed by atoms with Crippen LogP contribution >= 0.6 is 27.5 Å². The van der Waals surface area contributed by atoms with Crippen LogP contribution < -0.4 is 15.4 Å². The van der Waals surface area contributed by atoms with Crippen molar-refractivity contribution in [2.24, 2.45) is 5.92 Å². The highest BCUT2D eigenvalue weighted by Gasteiger charge is 2.29. The van der Waals surface area contributed by atoms with Gasteiger partial charge in [0.1, 0.15) is 5.75 Å². The number of aryl methyl sites for hydroxylation is 1. The first-order chi connectivity index (χ1) is 12.9. The van der Waals surface area contributed by atoms with Gasteiger partial charge in [0, 0.05) is 22.6 Å². The van der Waals surface area contributed by atoms with Gasteiger partial charge in [-0.25, -0.2) is 0 Å². The second kappa shape index (κ2) is 8.76. The highest BCUT2D eigenvalue weighted by atomic mass is 79.9. The summed E-state index contributed by atoms with van der Waals surface area (Å²) in [7, 11) is 0. The normalized spacial score (nSPS) is 13.1. The number of carbonyl (C=O) groups excluding carboxylic acids is 2. The first-order valence-electron chi connectivity index (χ1n) is 8.67. The molecule has 2 amide bonds. The Bertz CT molecular complexity index is 845. The lowest BCUT2D eigenvalue weighted by molar-refractivity contribution is -0.123. The maximum Gasteiger partial charge on any atom is 0.258 e. The molecule has 1 saturated carbocycles. The molecule has 0 heterocycles. The highest BCUT2D eigenvalue weighted by Crippen LogP contribution is 2.32. The minimum absolute atomic E-state index is 0.0614. The predicted molar refractivity (Wildman–Crippen MR) is 109 cm³/mol. The molecule has 0 radical (unpaired) electrons. The zero-order chi connectivity index (χ0) is 19.4. The van der Waals surface area contributed by atoms with Crippen LogP contribution in [0.4, 0.5) is 5.69 Å². The SMILES string of the molecule is Cc1cc(Br)cc(Cl)c1OCC(=O)NCc1cccc(NC(=O)C2CC2)c1. The fourth-order valence-electron chi connectivity index (χ4n) is 2.61. The lowest BCUT2D eigenvalue weighted by atomic mass is 10.2. The van der Waals surface area contributed by atoms with E-state index in [1.165, 1.54) is 0 Å². The Morgan fingerprint density at radius 3 is 2.74 bits per heavy atom. The molecule has 27 heavy (non-hydrogen) atoms. The molecule has 0 aliphatic heterocycles. The first kappa shape index (κ1) is 19.7. The fraction of sp³-hybridized carbons (Fsp3) is 0.300. The maximum absolute atomic E-state index is 12.1. The molecule has 0 saturated heterocycles. The molecule has 0 aromatic heterocycles. The summed E-state index contributed by atoms with van der Waals surface area (Å²) < 4.78 is 6.42. The molecule has 1 fully saturated rings. The molecule has 142 valence electrons. The summed E-state index contributed by atoms with van der Waals surface area (Å²) in [5, 5.41) is 6.16. The third kappa shape index (κ3) is 5.71. The molecule has 7 heteroatoms. The third-order valence-corrected chi connectivity index (χ3v) is 4.91. The smallest absolute Gasteiger partial charge is 0.258 e. The van der Waals surface area contributed by atoms with Crippen molar-refractivity contribution in [1.82, 2.24) is 5.32 Å². The van der Waals surface area contributed by atoms with E-state index in [1.54, 1.807) is 6.07 Å². The molecule has 5 nitrogen and oxygen atoms in total. The molecule has 1 aliphatic rings. The Morgan fingerprint density at radius 2 is 2.04 bits per heavy atom. The standard InChI is InChI=1S/C20H20BrClN2O3/c1-12-7-15(21)9-17(22)19(12)27-11-18(25)23-10-13-3-2-4-16(8-13)24-20(26)14-5-6-14/h2-4,7-9,14H,5-6,10-11H2,1H3,(H,23,25)(H,24,26). The van der Waals surface area contributed by atoms with Gasteiger partial charge in [0.2, 0.25) is 5.91 Å². The minimum Gasteiger partial charge on any atom is -0.482 e. The number of carbonyl (C=O) groups is 2. The van der Waals surface area contributed by atoms with Crippen molar-refractivity contribution in [3.05, 3.63) is 57.0 Å². The number of ether oxygens (including phenoxy) is 1. The van der Waals surface area contributed by atoms with Gasteiger partial charge in [0.25, 0.3) is 5.91 Å². The van der Waals surface area contributed by atoms with Crippen molar-refractivity contribution >= 4 is 45.0 Å². The van der Waals surface area contributed by atoms with Crippen molar-refractivity contribution in [3.8, 4) is 5.75 Å². The Labute approximate surface area is 171 Å². The molecule has 1 aliphatic carbocycles. The summed E-state index contributed by atoms with van der Waals surface area (Å²) in [4.78, 5) is 23.9. The maximum atomic E-state index is 12.1. The summed E-state index contributed by atoms with van der Waals surface area (Å²) in [5.41, 5.74) is 2.49. The monoisotopic (exact) mass is 450 g/mol. The van der Waals surface area contributed by atoms with Gasteiger partial charge in [-0.1, -0.05) is 39.7 Å². The van der Waals surface area contributed by atoms with Crippen LogP contribution in [0.3, 0.4) is 0 Å². The number of hydrogen-bond donors (Lipinski definition) is 2. The van der Waals surface area contributed by atoms with Gasteiger partial charge in [-0.15, -0.1) is 0 Å². The first-order valence-corrected chi connectivity index (χ1v) is 9.84. The molecule has 2 N–H and O–H groups in total. The zero-order valence-electron chi connectivity index (χ0n) is 14.9. The molecule has 0 atom stereocenters. The van der Waals surface area contributed by atoms with E-state index in [1.807, 2.05) is 37.3 Å². The van der Waals surface area contributed by atoms with Crippen LogP contribution in [-0.2, 0) is 16.1 Å². The molecule has 0 spiro atoms. The van der Waals surface area contributed by atoms with Gasteiger partial charge < -0.3 is 15.4 Å². The Balaban J connectivity index is 1.50. The van der Waals surface area contributed by atoms with Crippen LogP contribution in [0.25, 0.3) is 0 Å². The Morgan fingerprint density at radius 1 is 1.26 bits per heavy atom. The quantitative estimate of drug-likeness (QED) is 0.653. The van der Waals surface area contributed by atoms with Crippen molar-refractivity contribution < 1.29 is 14.3 Å². The van der Waals surface area contributed by atoms with Crippen LogP contribution in [0.5, 0.6) is 5.75 Å². The van der Waals surface area contributed by atoms with Crippen LogP contribution in [0.1, 0.15) is 24.0 Å². The topological polar surface area (TPSA) is 67.4 Å². The molecule has 2 aromatic rings. The van der Waals surface area contributed by atoms with E-state index in [0.717, 1.165) is 34.1 Å². The molecular formula is C20H20BrClN2O3. The van der Waals surface area contributed by atoms with Crippen molar-refractivity contribution in [2.45, 2.75) is 26.3 Å². The van der Waals surface area contributed by atoms with Gasteiger partial charge >= 0.3 is 0 Å². The van der Waals surface area contributed by atoms with Gasteiger partial charge in [-0.05, 0) is 55.2 Å². The number of halogens is 2. The highest BCUT2D eigenvalue weighted by molar-refractivity contribution is 9.10. The van der Waals surface area contributed by atoms with E-state index >= 15 is 0 Å². The van der Waals surface area contributed by atoms with Crippen LogP contribution in [-0.4, -0.2) is 18.4 Å². The summed E-state index contributed by atoms with van der Waals surface area (Å²) in [6.07, 6.45) is 1.92. The molecular weight excluding hydrogens is 432 g/mol. The number of benzene rings is 2. The lowest BCUT2D eigenvalue weighted by Crippen LogP contribution is -2.28. The fourth-order valence-corrected chi connectivity index (χ4v) is 3.64. The van der Waals surface area contributed by atoms with Crippen molar-refractivity contribution in [3.63, 3.8) is 0 Å². The van der Waals surface area contributed by atoms with Gasteiger partial charge in [0.05, 0.1) is 5.02 Å². The largest absolute Gasteiger partial charge is 0.482 e. The number of rotatable bonds is 7. The molecule has 0 bridgehead atoms. The number of amides is 2. The van der Waals surface area contributed by atoms with E-state index in [2.05, 4.69) is 26.6 Å². The van der Waals surface area contributed by atoms with E-state index in [-0.39, 0.29) is 24.3 Å². The number of hydrogen-bond acceptors (Lipinski definition) is 3. The summed E-state index contributed by atoms with van der Waals surface area (Å²) in [6.45, 7) is 2.09. The third-order valence-electron chi connectivity index (χ3n) is 4.17. The minimum atomic E-state index is -0.249. The number of nitrogens with one attached hydrogen (secondary N) is 2. The van der Waals surface area contributed by atoms with Gasteiger partial charge in [0.15, 0.2) is 6.61 Å². The van der Waals surface area contributed by atoms with E-state index in [0.29, 0.717) is 17.3 Å². The van der Waals surface area contributed by atoms with Crippen molar-refractivity contribution in [1.29, 1.82) is 0 Å². The summed E-state index contributed by atoms with van der Waals surface area (Å²) >= 11 is 9.52. The van der Waals surface area contributed by atoms with Gasteiger partial charge in [-0.3, -0.25) is 9.59 Å². The average molecular weight is 452 g/mol. The second-order valence-corrected chi connectivity index (χ2v) is 7.89. The van der Waals surface area contributed by atoms with Crippen molar-refractivity contribution in [2.75, 3.05) is 11.9 Å². The number of anilines is 1.